The number of benzene rings is 3. The fourth-order valence-corrected chi connectivity index (χ4v) is 4.31. The summed E-state index contributed by atoms with van der Waals surface area (Å²) in [5.41, 5.74) is 5.82. The molecule has 31 heavy (non-hydrogen) atoms. The van der Waals surface area contributed by atoms with Crippen molar-refractivity contribution in [3.05, 3.63) is 106 Å². The van der Waals surface area contributed by atoms with Crippen molar-refractivity contribution in [1.82, 2.24) is 14.7 Å². The number of imidazole rings is 1. The average molecular weight is 446 g/mol. The number of carbonyl (C=O) groups is 1. The number of aromatic nitrogens is 2. The van der Waals surface area contributed by atoms with E-state index in [-0.39, 0.29) is 6.04 Å². The van der Waals surface area contributed by atoms with Crippen molar-refractivity contribution >= 4 is 46.2 Å². The first kappa shape index (κ1) is 19.6. The van der Waals surface area contributed by atoms with Gasteiger partial charge in [0.1, 0.15) is 5.65 Å². The minimum Gasteiger partial charge on any atom is -0.348 e. The van der Waals surface area contributed by atoms with Gasteiger partial charge in [-0.25, -0.2) is 4.98 Å². The molecule has 1 amide bonds. The highest BCUT2D eigenvalue weighted by molar-refractivity contribution is 6.31. The van der Waals surface area contributed by atoms with Crippen LogP contribution in [0, 0.1) is 0 Å². The third kappa shape index (κ3) is 3.65. The van der Waals surface area contributed by atoms with Gasteiger partial charge in [-0.2, -0.15) is 0 Å². The van der Waals surface area contributed by atoms with Crippen molar-refractivity contribution in [3.63, 3.8) is 0 Å². The lowest BCUT2D eigenvalue weighted by molar-refractivity contribution is -0.110. The first-order chi connectivity index (χ1) is 15.1. The highest BCUT2D eigenvalue weighted by Crippen LogP contribution is 2.34. The molecule has 4 nitrogen and oxygen atoms in total. The molecule has 0 saturated heterocycles. The molecular weight excluding hydrogens is 429 g/mol. The Morgan fingerprint density at radius 3 is 2.48 bits per heavy atom. The zero-order valence-electron chi connectivity index (χ0n) is 16.3. The fraction of sp³-hybridized carbons (Fsp3) is 0.0400. The summed E-state index contributed by atoms with van der Waals surface area (Å²) in [7, 11) is 0. The van der Waals surface area contributed by atoms with Crippen molar-refractivity contribution in [3.8, 4) is 11.1 Å². The number of amides is 1. The predicted molar refractivity (Wildman–Crippen MR) is 126 cm³/mol. The first-order valence-electron chi connectivity index (χ1n) is 9.75. The van der Waals surface area contributed by atoms with Crippen LogP contribution in [-0.2, 0) is 4.79 Å². The number of nitrogens with zero attached hydrogens (tertiary/aromatic N) is 2. The molecule has 0 aliphatic carbocycles. The van der Waals surface area contributed by atoms with Crippen LogP contribution in [0.15, 0.2) is 85.2 Å². The summed E-state index contributed by atoms with van der Waals surface area (Å²) in [6.45, 7) is 0. The summed E-state index contributed by atoms with van der Waals surface area (Å²) >= 11 is 12.3. The van der Waals surface area contributed by atoms with Crippen LogP contribution in [0.5, 0.6) is 0 Å². The van der Waals surface area contributed by atoms with Crippen molar-refractivity contribution in [2.45, 2.75) is 6.04 Å². The maximum atomic E-state index is 11.4. The molecule has 1 N–H and O–H groups in total. The standard InChI is InChI=1S/C25H17Cl2N3O/c26-19-7-4-16(5-8-19)25(29-15-31)18-6-9-23-22(13-18)21(14-24-28-10-11-30(23)24)17-2-1-3-20(27)12-17/h1-15,25H,(H,29,31). The van der Waals surface area contributed by atoms with Gasteiger partial charge in [0, 0.05) is 27.8 Å². The Labute approximate surface area is 189 Å². The van der Waals surface area contributed by atoms with Gasteiger partial charge in [0.05, 0.1) is 11.6 Å². The second-order valence-corrected chi connectivity index (χ2v) is 8.14. The van der Waals surface area contributed by atoms with Gasteiger partial charge in [-0.1, -0.05) is 53.5 Å². The SMILES string of the molecule is O=CNC(c1ccc(Cl)cc1)c1ccc2c(c1)c(-c1cccc(Cl)c1)cc1nccn12. The van der Waals surface area contributed by atoms with E-state index in [9.17, 15) is 4.79 Å². The minimum absolute atomic E-state index is 0.301. The van der Waals surface area contributed by atoms with Crippen molar-refractivity contribution in [2.24, 2.45) is 0 Å². The Bertz CT molecular complexity index is 1410. The summed E-state index contributed by atoms with van der Waals surface area (Å²) in [4.78, 5) is 15.9. The van der Waals surface area contributed by atoms with Gasteiger partial charge in [0.15, 0.2) is 0 Å². The lowest BCUT2D eigenvalue weighted by Crippen LogP contribution is -2.20. The van der Waals surface area contributed by atoms with Crippen LogP contribution in [0.25, 0.3) is 27.7 Å². The number of rotatable bonds is 5. The van der Waals surface area contributed by atoms with Gasteiger partial charge >= 0.3 is 0 Å². The molecule has 0 bridgehead atoms. The zero-order valence-corrected chi connectivity index (χ0v) is 17.8. The number of hydrogen-bond acceptors (Lipinski definition) is 2. The Morgan fingerprint density at radius 1 is 0.903 bits per heavy atom. The van der Waals surface area contributed by atoms with Crippen LogP contribution < -0.4 is 5.32 Å². The lowest BCUT2D eigenvalue weighted by atomic mass is 9.94. The predicted octanol–water partition coefficient (Wildman–Crippen LogP) is 6.30. The van der Waals surface area contributed by atoms with E-state index in [0.717, 1.165) is 45.2 Å². The van der Waals surface area contributed by atoms with Gasteiger partial charge < -0.3 is 5.32 Å². The maximum Gasteiger partial charge on any atom is 0.207 e. The van der Waals surface area contributed by atoms with Crippen LogP contribution in [-0.4, -0.2) is 15.8 Å². The number of halogens is 2. The Balaban J connectivity index is 1.75. The van der Waals surface area contributed by atoms with Gasteiger partial charge in [-0.3, -0.25) is 9.20 Å². The molecule has 5 rings (SSSR count). The van der Waals surface area contributed by atoms with Crippen molar-refractivity contribution < 1.29 is 4.79 Å². The summed E-state index contributed by atoms with van der Waals surface area (Å²) in [6.07, 6.45) is 4.45. The van der Waals surface area contributed by atoms with Gasteiger partial charge in [-0.15, -0.1) is 0 Å². The Kier molecular flexibility index (Phi) is 5.10. The van der Waals surface area contributed by atoms with Crippen LogP contribution in [0.3, 0.4) is 0 Å². The number of nitrogens with one attached hydrogen (secondary N) is 1. The second kappa shape index (κ2) is 8.06. The molecule has 0 radical (unpaired) electrons. The van der Waals surface area contributed by atoms with E-state index in [0.29, 0.717) is 10.0 Å². The lowest BCUT2D eigenvalue weighted by Gasteiger charge is -2.19. The monoisotopic (exact) mass is 445 g/mol. The fourth-order valence-electron chi connectivity index (χ4n) is 3.99. The van der Waals surface area contributed by atoms with Crippen LogP contribution in [0.4, 0.5) is 0 Å². The van der Waals surface area contributed by atoms with E-state index in [1.807, 2.05) is 60.8 Å². The van der Waals surface area contributed by atoms with Crippen molar-refractivity contribution in [1.29, 1.82) is 0 Å². The van der Waals surface area contributed by atoms with Gasteiger partial charge in [-0.05, 0) is 64.7 Å². The molecular formula is C25H17Cl2N3O. The smallest absolute Gasteiger partial charge is 0.207 e. The molecule has 3 aromatic carbocycles. The Morgan fingerprint density at radius 2 is 1.71 bits per heavy atom. The topological polar surface area (TPSA) is 46.4 Å². The van der Waals surface area contributed by atoms with Gasteiger partial charge in [0.2, 0.25) is 6.41 Å². The highest BCUT2D eigenvalue weighted by Gasteiger charge is 2.16. The van der Waals surface area contributed by atoms with E-state index in [1.54, 1.807) is 6.20 Å². The molecule has 0 fully saturated rings. The van der Waals surface area contributed by atoms with E-state index >= 15 is 0 Å². The summed E-state index contributed by atoms with van der Waals surface area (Å²) < 4.78 is 2.05. The summed E-state index contributed by atoms with van der Waals surface area (Å²) in [5, 5.41) is 5.30. The Hall–Kier alpha value is -3.34. The molecule has 0 aliphatic rings. The largest absolute Gasteiger partial charge is 0.348 e. The average Bonchev–Trinajstić information content (AvgIpc) is 3.26. The second-order valence-electron chi connectivity index (χ2n) is 7.27. The zero-order chi connectivity index (χ0) is 21.4. The van der Waals surface area contributed by atoms with E-state index < -0.39 is 0 Å². The number of fused-ring (bicyclic) bond motifs is 3. The van der Waals surface area contributed by atoms with E-state index in [2.05, 4.69) is 32.9 Å². The number of hydrogen-bond donors (Lipinski definition) is 1. The van der Waals surface area contributed by atoms with Crippen LogP contribution in [0.2, 0.25) is 10.0 Å². The molecule has 5 aromatic rings. The molecule has 1 atom stereocenters. The summed E-state index contributed by atoms with van der Waals surface area (Å²) in [6, 6.07) is 23.2. The van der Waals surface area contributed by atoms with Crippen LogP contribution in [0.1, 0.15) is 17.2 Å². The van der Waals surface area contributed by atoms with Gasteiger partial charge in [0.25, 0.3) is 0 Å². The number of carbonyl (C=O) groups excluding carboxylic acids is 1. The van der Waals surface area contributed by atoms with E-state index in [1.165, 1.54) is 0 Å². The van der Waals surface area contributed by atoms with E-state index in [4.69, 9.17) is 23.2 Å². The van der Waals surface area contributed by atoms with Crippen LogP contribution >= 0.6 is 23.2 Å². The quantitative estimate of drug-likeness (QED) is 0.322. The third-order valence-electron chi connectivity index (χ3n) is 5.42. The molecule has 152 valence electrons. The molecule has 0 spiro atoms. The molecule has 0 saturated carbocycles. The normalized spacial score (nSPS) is 12.2. The molecule has 2 heterocycles. The van der Waals surface area contributed by atoms with Crippen molar-refractivity contribution in [2.75, 3.05) is 0 Å². The first-order valence-corrected chi connectivity index (χ1v) is 10.5. The number of pyridine rings is 1. The highest BCUT2D eigenvalue weighted by atomic mass is 35.5. The molecule has 2 aromatic heterocycles. The third-order valence-corrected chi connectivity index (χ3v) is 5.91. The molecule has 6 heteroatoms. The maximum absolute atomic E-state index is 11.4. The molecule has 0 aliphatic heterocycles. The summed E-state index contributed by atoms with van der Waals surface area (Å²) in [5.74, 6) is 0. The minimum atomic E-state index is -0.301. The molecule has 1 unspecified atom stereocenters.